The molecule has 0 radical (unpaired) electrons. The Kier molecular flexibility index (Phi) is 6.66. The van der Waals surface area contributed by atoms with Crippen LogP contribution in [0.25, 0.3) is 0 Å². The van der Waals surface area contributed by atoms with Gasteiger partial charge in [-0.2, -0.15) is 4.98 Å². The average molecular weight is 369 g/mol. The van der Waals surface area contributed by atoms with E-state index in [1.165, 1.54) is 12.3 Å². The number of aliphatic hydroxyl groups is 1. The van der Waals surface area contributed by atoms with Gasteiger partial charge >= 0.3 is 11.7 Å². The molecule has 11 nitrogen and oxygen atoms in total. The first-order valence-electron chi connectivity index (χ1n) is 8.25. The van der Waals surface area contributed by atoms with Gasteiger partial charge in [0.2, 0.25) is 0 Å². The van der Waals surface area contributed by atoms with Crippen LogP contribution in [-0.2, 0) is 14.3 Å². The zero-order valence-electron chi connectivity index (χ0n) is 14.1. The van der Waals surface area contributed by atoms with Crippen LogP contribution in [0.1, 0.15) is 31.9 Å². The molecule has 11 heteroatoms. The number of aliphatic carboxylic acids is 1. The summed E-state index contributed by atoms with van der Waals surface area (Å²) < 4.78 is 6.57. The maximum absolute atomic E-state index is 12.3. The van der Waals surface area contributed by atoms with Gasteiger partial charge in [-0.15, -0.1) is 0 Å². The minimum atomic E-state index is -1.29. The van der Waals surface area contributed by atoms with E-state index in [1.807, 2.05) is 0 Å². The van der Waals surface area contributed by atoms with E-state index in [1.54, 1.807) is 0 Å². The summed E-state index contributed by atoms with van der Waals surface area (Å²) in [5.41, 5.74) is 10.1. The van der Waals surface area contributed by atoms with Crippen LogP contribution >= 0.6 is 0 Å². The van der Waals surface area contributed by atoms with Gasteiger partial charge in [0, 0.05) is 12.6 Å². The van der Waals surface area contributed by atoms with Gasteiger partial charge < -0.3 is 31.7 Å². The molecule has 1 aliphatic heterocycles. The lowest BCUT2D eigenvalue weighted by atomic mass is 10.1. The number of nitrogens with two attached hydrogens (primary N) is 2. The van der Waals surface area contributed by atoms with Crippen molar-refractivity contribution in [3.8, 4) is 0 Å². The van der Waals surface area contributed by atoms with E-state index in [0.29, 0.717) is 19.4 Å². The van der Waals surface area contributed by atoms with E-state index in [9.17, 15) is 24.6 Å². The third kappa shape index (κ3) is 4.77. The summed E-state index contributed by atoms with van der Waals surface area (Å²) in [5.74, 6) is -1.89. The van der Waals surface area contributed by atoms with Crippen LogP contribution in [0.4, 0.5) is 5.82 Å². The standard InChI is InChI=1S/C15H23N5O6/c16-5-2-1-3-8(14(23)24)18-13(22)12-9(21)7-11(26-12)20-6-4-10(17)19-15(20)25/h4,6,8-9,11-12,21H,1-3,5,7,16H2,(H,18,22)(H,23,24)(H2,17,19,25). The minimum absolute atomic E-state index is 0.0193. The Hall–Kier alpha value is -2.50. The third-order valence-corrected chi connectivity index (χ3v) is 4.08. The number of hydrogen-bond acceptors (Lipinski definition) is 8. The van der Waals surface area contributed by atoms with E-state index in [4.69, 9.17) is 16.2 Å². The van der Waals surface area contributed by atoms with Gasteiger partial charge in [0.25, 0.3) is 5.91 Å². The Labute approximate surface area is 149 Å². The number of ether oxygens (including phenoxy) is 1. The lowest BCUT2D eigenvalue weighted by Crippen LogP contribution is -2.48. The fourth-order valence-electron chi connectivity index (χ4n) is 2.71. The van der Waals surface area contributed by atoms with Crippen molar-refractivity contribution in [1.82, 2.24) is 14.9 Å². The summed E-state index contributed by atoms with van der Waals surface area (Å²) in [4.78, 5) is 39.0. The highest BCUT2D eigenvalue weighted by molar-refractivity contribution is 5.86. The molecule has 0 saturated carbocycles. The molecule has 0 aliphatic carbocycles. The van der Waals surface area contributed by atoms with Crippen LogP contribution in [0.3, 0.4) is 0 Å². The molecule has 0 bridgehead atoms. The number of nitrogen functional groups attached to an aromatic ring is 1. The second-order valence-corrected chi connectivity index (χ2v) is 6.04. The van der Waals surface area contributed by atoms with Crippen molar-refractivity contribution < 1.29 is 24.5 Å². The Balaban J connectivity index is 2.02. The molecule has 1 aromatic rings. The highest BCUT2D eigenvalue weighted by Gasteiger charge is 2.41. The SMILES string of the molecule is NCCCCC(NC(=O)C1OC(n2ccc(N)nc2=O)CC1O)C(=O)O. The molecule has 2 heterocycles. The second-order valence-electron chi connectivity index (χ2n) is 6.04. The minimum Gasteiger partial charge on any atom is -0.480 e. The smallest absolute Gasteiger partial charge is 0.351 e. The van der Waals surface area contributed by atoms with Crippen molar-refractivity contribution >= 4 is 17.7 Å². The second kappa shape index (κ2) is 8.74. The first-order chi connectivity index (χ1) is 12.3. The summed E-state index contributed by atoms with van der Waals surface area (Å²) in [5, 5.41) is 21.7. The molecule has 1 amide bonds. The molecule has 1 fully saturated rings. The molecule has 4 atom stereocenters. The maximum atomic E-state index is 12.3. The molecule has 0 spiro atoms. The number of nitrogens with zero attached hydrogens (tertiary/aromatic N) is 2. The fourth-order valence-corrected chi connectivity index (χ4v) is 2.71. The predicted molar refractivity (Wildman–Crippen MR) is 89.9 cm³/mol. The van der Waals surface area contributed by atoms with Gasteiger partial charge in [0.05, 0.1) is 6.10 Å². The summed E-state index contributed by atoms with van der Waals surface area (Å²) in [6, 6.07) is 0.285. The molecule has 26 heavy (non-hydrogen) atoms. The van der Waals surface area contributed by atoms with Crippen LogP contribution in [0, 0.1) is 0 Å². The van der Waals surface area contributed by atoms with Gasteiger partial charge in [-0.1, -0.05) is 0 Å². The largest absolute Gasteiger partial charge is 0.480 e. The van der Waals surface area contributed by atoms with Gasteiger partial charge in [-0.25, -0.2) is 9.59 Å². The van der Waals surface area contributed by atoms with Crippen molar-refractivity contribution in [3.05, 3.63) is 22.7 Å². The van der Waals surface area contributed by atoms with Crippen molar-refractivity contribution in [2.75, 3.05) is 12.3 Å². The van der Waals surface area contributed by atoms with E-state index in [2.05, 4.69) is 10.3 Å². The number of carbonyl (C=O) groups excluding carboxylic acids is 1. The summed E-state index contributed by atoms with van der Waals surface area (Å²) >= 11 is 0. The van der Waals surface area contributed by atoms with E-state index < -0.39 is 42.0 Å². The number of carbonyl (C=O) groups is 2. The molecule has 144 valence electrons. The quantitative estimate of drug-likeness (QED) is 0.329. The normalized spacial score (nSPS) is 23.5. The van der Waals surface area contributed by atoms with Crippen molar-refractivity contribution in [2.24, 2.45) is 5.73 Å². The number of carboxylic acid groups (broad SMARTS) is 1. The first-order valence-corrected chi connectivity index (χ1v) is 8.25. The van der Waals surface area contributed by atoms with Crippen molar-refractivity contribution in [1.29, 1.82) is 0 Å². The van der Waals surface area contributed by atoms with Gasteiger partial charge in [0.1, 0.15) is 18.1 Å². The average Bonchev–Trinajstić information content (AvgIpc) is 2.95. The number of rotatable bonds is 8. The predicted octanol–water partition coefficient (Wildman–Crippen LogP) is -1.83. The van der Waals surface area contributed by atoms with Crippen molar-refractivity contribution in [3.63, 3.8) is 0 Å². The maximum Gasteiger partial charge on any atom is 0.351 e. The summed E-state index contributed by atoms with van der Waals surface area (Å²) in [6.07, 6.45) is -0.658. The lowest BCUT2D eigenvalue weighted by Gasteiger charge is -2.19. The Morgan fingerprint density at radius 1 is 1.46 bits per heavy atom. The topological polar surface area (TPSA) is 183 Å². The molecule has 1 aliphatic rings. The molecule has 1 saturated heterocycles. The fraction of sp³-hybridized carbons (Fsp3) is 0.600. The van der Waals surface area contributed by atoms with Crippen LogP contribution in [-0.4, -0.2) is 56.4 Å². The Bertz CT molecular complexity index is 708. The molecule has 4 unspecified atom stereocenters. The number of aromatic nitrogens is 2. The Morgan fingerprint density at radius 2 is 2.19 bits per heavy atom. The zero-order valence-corrected chi connectivity index (χ0v) is 14.1. The van der Waals surface area contributed by atoms with Gasteiger partial charge in [-0.05, 0) is 31.9 Å². The summed E-state index contributed by atoms with van der Waals surface area (Å²) in [6.45, 7) is 0.427. The van der Waals surface area contributed by atoms with Crippen LogP contribution < -0.4 is 22.5 Å². The van der Waals surface area contributed by atoms with Gasteiger partial charge in [0.15, 0.2) is 6.10 Å². The molecular weight excluding hydrogens is 346 g/mol. The van der Waals surface area contributed by atoms with Crippen LogP contribution in [0.15, 0.2) is 17.1 Å². The number of nitrogens with one attached hydrogen (secondary N) is 1. The van der Waals surface area contributed by atoms with Gasteiger partial charge in [-0.3, -0.25) is 9.36 Å². The van der Waals surface area contributed by atoms with Crippen LogP contribution in [0.2, 0.25) is 0 Å². The molecule has 0 aromatic carbocycles. The zero-order chi connectivity index (χ0) is 19.3. The van der Waals surface area contributed by atoms with Crippen LogP contribution in [0.5, 0.6) is 0 Å². The third-order valence-electron chi connectivity index (χ3n) is 4.08. The lowest BCUT2D eigenvalue weighted by molar-refractivity contribution is -0.146. The molecule has 1 aromatic heterocycles. The summed E-state index contributed by atoms with van der Waals surface area (Å²) in [7, 11) is 0. The van der Waals surface area contributed by atoms with E-state index >= 15 is 0 Å². The first kappa shape index (κ1) is 19.8. The number of carboxylic acids is 1. The van der Waals surface area contributed by atoms with Crippen molar-refractivity contribution in [2.45, 2.75) is 50.2 Å². The van der Waals surface area contributed by atoms with E-state index in [-0.39, 0.29) is 18.7 Å². The monoisotopic (exact) mass is 369 g/mol. The molecular formula is C15H23N5O6. The highest BCUT2D eigenvalue weighted by Crippen LogP contribution is 2.28. The number of aliphatic hydroxyl groups excluding tert-OH is 1. The highest BCUT2D eigenvalue weighted by atomic mass is 16.5. The molecule has 7 N–H and O–H groups in total. The Morgan fingerprint density at radius 3 is 2.81 bits per heavy atom. The number of amides is 1. The molecule has 2 rings (SSSR count). The number of anilines is 1. The number of unbranched alkanes of at least 4 members (excludes halogenated alkanes) is 1. The number of hydrogen-bond donors (Lipinski definition) is 5. The van der Waals surface area contributed by atoms with E-state index in [0.717, 1.165) is 4.57 Å².